The van der Waals surface area contributed by atoms with E-state index in [9.17, 15) is 8.42 Å². The van der Waals surface area contributed by atoms with E-state index in [1.807, 2.05) is 19.1 Å². The molecule has 0 saturated carbocycles. The van der Waals surface area contributed by atoms with Gasteiger partial charge in [-0.25, -0.2) is 13.1 Å². The molecule has 0 heterocycles. The van der Waals surface area contributed by atoms with E-state index in [2.05, 4.69) is 41.4 Å². The highest BCUT2D eigenvalue weighted by Crippen LogP contribution is 2.32. The summed E-state index contributed by atoms with van der Waals surface area (Å²) >= 11 is 3.64. The fourth-order valence-electron chi connectivity index (χ4n) is 2.37. The van der Waals surface area contributed by atoms with E-state index in [0.717, 1.165) is 6.42 Å². The van der Waals surface area contributed by atoms with Crippen LogP contribution in [0.4, 0.5) is 0 Å². The summed E-state index contributed by atoms with van der Waals surface area (Å²) in [6.07, 6.45) is 0.786. The Morgan fingerprint density at radius 3 is 2.10 bits per heavy atom. The molecule has 0 saturated heterocycles. The minimum atomic E-state index is -3.37. The lowest BCUT2D eigenvalue weighted by Crippen LogP contribution is -2.24. The maximum absolute atomic E-state index is 12.0. The van der Waals surface area contributed by atoms with Crippen LogP contribution in [0.25, 0.3) is 0 Å². The molecule has 1 rings (SSSR count). The zero-order chi connectivity index (χ0) is 15.3. The normalized spacial score (nSPS) is 15.3. The van der Waals surface area contributed by atoms with Crippen LogP contribution in [0.5, 0.6) is 0 Å². The van der Waals surface area contributed by atoms with E-state index < -0.39 is 10.0 Å². The van der Waals surface area contributed by atoms with Gasteiger partial charge in [0.1, 0.15) is 0 Å². The maximum atomic E-state index is 12.0. The molecule has 2 atom stereocenters. The third-order valence-corrected chi connectivity index (χ3v) is 5.38. The van der Waals surface area contributed by atoms with E-state index in [1.54, 1.807) is 12.1 Å². The number of sulfonamides is 1. The summed E-state index contributed by atoms with van der Waals surface area (Å²) < 4.78 is 26.6. The number of nitrogens with one attached hydrogen (secondary N) is 1. The summed E-state index contributed by atoms with van der Waals surface area (Å²) in [5.74, 6) is 0.861. The van der Waals surface area contributed by atoms with Crippen molar-refractivity contribution in [2.24, 2.45) is 5.92 Å². The van der Waals surface area contributed by atoms with E-state index in [4.69, 9.17) is 0 Å². The lowest BCUT2D eigenvalue weighted by Gasteiger charge is -2.24. The van der Waals surface area contributed by atoms with E-state index in [-0.39, 0.29) is 0 Å². The number of hydrogen-bond donors (Lipinski definition) is 1. The van der Waals surface area contributed by atoms with Crippen molar-refractivity contribution in [1.29, 1.82) is 0 Å². The standard InChI is InChI=1S/C15H24BrNO2S/c1-5-10-17-20(18,19)14-8-6-13(7-9-14)15(11(2)3)12(4)16/h6-9,11-12,15,17H,5,10H2,1-4H3. The number of hydrogen-bond acceptors (Lipinski definition) is 2. The average Bonchev–Trinajstić information content (AvgIpc) is 2.36. The molecule has 0 bridgehead atoms. The van der Waals surface area contributed by atoms with Gasteiger partial charge in [0.25, 0.3) is 0 Å². The SMILES string of the molecule is CCCNS(=O)(=O)c1ccc(C(C(C)C)C(C)Br)cc1. The molecule has 0 aliphatic heterocycles. The van der Waals surface area contributed by atoms with Crippen LogP contribution in [0, 0.1) is 5.92 Å². The van der Waals surface area contributed by atoms with Crippen molar-refractivity contribution in [3.05, 3.63) is 29.8 Å². The van der Waals surface area contributed by atoms with Gasteiger partial charge < -0.3 is 0 Å². The molecule has 0 fully saturated rings. The molecule has 0 aliphatic carbocycles. The molecule has 0 aromatic heterocycles. The van der Waals surface area contributed by atoms with Gasteiger partial charge >= 0.3 is 0 Å². The van der Waals surface area contributed by atoms with Crippen molar-refractivity contribution < 1.29 is 8.42 Å². The highest BCUT2D eigenvalue weighted by molar-refractivity contribution is 9.09. The second-order valence-electron chi connectivity index (χ2n) is 5.41. The molecule has 0 amide bonds. The number of benzene rings is 1. The second kappa shape index (κ2) is 7.57. The second-order valence-corrected chi connectivity index (χ2v) is 8.63. The fraction of sp³-hybridized carbons (Fsp3) is 0.600. The Morgan fingerprint density at radius 2 is 1.70 bits per heavy atom. The van der Waals surface area contributed by atoms with Crippen LogP contribution in [-0.4, -0.2) is 19.8 Å². The van der Waals surface area contributed by atoms with E-state index in [1.165, 1.54) is 5.56 Å². The van der Waals surface area contributed by atoms with Gasteiger partial charge in [0, 0.05) is 11.4 Å². The quantitative estimate of drug-likeness (QED) is 0.748. The molecule has 0 radical (unpaired) electrons. The van der Waals surface area contributed by atoms with Crippen LogP contribution >= 0.6 is 15.9 Å². The Balaban J connectivity index is 2.99. The molecule has 0 aliphatic rings. The zero-order valence-electron chi connectivity index (χ0n) is 12.6. The minimum Gasteiger partial charge on any atom is -0.211 e. The third kappa shape index (κ3) is 4.57. The molecule has 1 N–H and O–H groups in total. The number of halogens is 1. The largest absolute Gasteiger partial charge is 0.240 e. The Labute approximate surface area is 131 Å². The van der Waals surface area contributed by atoms with Gasteiger partial charge in [-0.1, -0.05) is 55.8 Å². The molecule has 2 unspecified atom stereocenters. The summed E-state index contributed by atoms with van der Waals surface area (Å²) in [6, 6.07) is 7.22. The summed E-state index contributed by atoms with van der Waals surface area (Å²) in [4.78, 5) is 0.683. The lowest BCUT2D eigenvalue weighted by molar-refractivity contribution is 0.498. The molecular formula is C15H24BrNO2S. The van der Waals surface area contributed by atoms with Gasteiger partial charge in [0.15, 0.2) is 0 Å². The first-order chi connectivity index (χ1) is 9.29. The summed E-state index contributed by atoms with van der Waals surface area (Å²) in [6.45, 7) is 8.89. The number of rotatable bonds is 7. The summed E-state index contributed by atoms with van der Waals surface area (Å²) in [7, 11) is -3.37. The van der Waals surface area contributed by atoms with Gasteiger partial charge in [-0.3, -0.25) is 0 Å². The molecule has 1 aromatic rings. The van der Waals surface area contributed by atoms with Gasteiger partial charge in [-0.15, -0.1) is 0 Å². The van der Waals surface area contributed by atoms with Crippen LogP contribution in [0.15, 0.2) is 29.2 Å². The third-order valence-electron chi connectivity index (χ3n) is 3.33. The maximum Gasteiger partial charge on any atom is 0.240 e. The van der Waals surface area contributed by atoms with Gasteiger partial charge in [0.2, 0.25) is 10.0 Å². The molecule has 3 nitrogen and oxygen atoms in total. The molecule has 1 aromatic carbocycles. The van der Waals surface area contributed by atoms with Crippen molar-refractivity contribution >= 4 is 26.0 Å². The van der Waals surface area contributed by atoms with E-state index in [0.29, 0.717) is 28.1 Å². The monoisotopic (exact) mass is 361 g/mol. The Hall–Kier alpha value is -0.390. The topological polar surface area (TPSA) is 46.2 Å². The first-order valence-electron chi connectivity index (χ1n) is 7.03. The molecule has 5 heteroatoms. The Kier molecular flexibility index (Phi) is 6.69. The zero-order valence-corrected chi connectivity index (χ0v) is 15.0. The highest BCUT2D eigenvalue weighted by Gasteiger charge is 2.21. The first-order valence-corrected chi connectivity index (χ1v) is 9.43. The smallest absolute Gasteiger partial charge is 0.211 e. The lowest BCUT2D eigenvalue weighted by atomic mass is 9.86. The fourth-order valence-corrected chi connectivity index (χ4v) is 4.42. The molecular weight excluding hydrogens is 338 g/mol. The van der Waals surface area contributed by atoms with Crippen LogP contribution in [0.1, 0.15) is 45.6 Å². The number of alkyl halides is 1. The van der Waals surface area contributed by atoms with Gasteiger partial charge in [0.05, 0.1) is 4.90 Å². The van der Waals surface area contributed by atoms with Crippen LogP contribution in [0.3, 0.4) is 0 Å². The van der Waals surface area contributed by atoms with Crippen molar-refractivity contribution in [1.82, 2.24) is 4.72 Å². The van der Waals surface area contributed by atoms with Crippen molar-refractivity contribution in [2.75, 3.05) is 6.54 Å². The van der Waals surface area contributed by atoms with Gasteiger partial charge in [-0.2, -0.15) is 0 Å². The molecule has 114 valence electrons. The summed E-state index contributed by atoms with van der Waals surface area (Å²) in [5.41, 5.74) is 1.17. The van der Waals surface area contributed by atoms with Crippen molar-refractivity contribution in [3.8, 4) is 0 Å². The van der Waals surface area contributed by atoms with Crippen molar-refractivity contribution in [2.45, 2.75) is 49.8 Å². The average molecular weight is 362 g/mol. The predicted octanol–water partition coefficient (Wildman–Crippen LogP) is 3.90. The van der Waals surface area contributed by atoms with Crippen LogP contribution in [-0.2, 0) is 10.0 Å². The first kappa shape index (κ1) is 17.7. The Bertz CT molecular complexity index is 501. The van der Waals surface area contributed by atoms with E-state index >= 15 is 0 Å². The predicted molar refractivity (Wildman–Crippen MR) is 87.9 cm³/mol. The molecule has 20 heavy (non-hydrogen) atoms. The van der Waals surface area contributed by atoms with Gasteiger partial charge in [-0.05, 0) is 36.0 Å². The minimum absolute atomic E-state index is 0.333. The van der Waals surface area contributed by atoms with Crippen LogP contribution in [0.2, 0.25) is 0 Å². The highest BCUT2D eigenvalue weighted by atomic mass is 79.9. The Morgan fingerprint density at radius 1 is 1.15 bits per heavy atom. The van der Waals surface area contributed by atoms with Crippen LogP contribution < -0.4 is 4.72 Å². The van der Waals surface area contributed by atoms with Crippen molar-refractivity contribution in [3.63, 3.8) is 0 Å². The molecule has 0 spiro atoms. The summed E-state index contributed by atoms with van der Waals surface area (Å²) in [5, 5.41) is 0.